The summed E-state index contributed by atoms with van der Waals surface area (Å²) < 4.78 is 0. The maximum atomic E-state index is 11.0. The minimum atomic E-state index is -0.308. The van der Waals surface area contributed by atoms with Crippen LogP contribution in [0.4, 0.5) is 11.4 Å². The molecule has 1 aromatic carbocycles. The van der Waals surface area contributed by atoms with Crippen molar-refractivity contribution in [3.63, 3.8) is 0 Å². The normalized spacial score (nSPS) is 23.7. The Balaban J connectivity index is 2.18. The van der Waals surface area contributed by atoms with Crippen molar-refractivity contribution >= 4 is 11.4 Å². The third kappa shape index (κ3) is 3.25. The number of hydrogen-bond acceptors (Lipinski definition) is 3. The molecule has 1 saturated carbocycles. The lowest BCUT2D eigenvalue weighted by molar-refractivity contribution is -0.385. The van der Waals surface area contributed by atoms with Crippen LogP contribution in [0, 0.1) is 23.0 Å². The van der Waals surface area contributed by atoms with E-state index >= 15 is 0 Å². The second-order valence-corrected chi connectivity index (χ2v) is 5.57. The maximum absolute atomic E-state index is 11.0. The minimum Gasteiger partial charge on any atom is -0.382 e. The monoisotopic (exact) mass is 262 g/mol. The van der Waals surface area contributed by atoms with Crippen LogP contribution in [-0.4, -0.2) is 11.0 Å². The van der Waals surface area contributed by atoms with E-state index in [9.17, 15) is 10.1 Å². The molecule has 1 aromatic rings. The topological polar surface area (TPSA) is 55.2 Å². The van der Waals surface area contributed by atoms with Gasteiger partial charge in [0.25, 0.3) is 5.69 Å². The Morgan fingerprint density at radius 1 is 1.26 bits per heavy atom. The van der Waals surface area contributed by atoms with Crippen LogP contribution < -0.4 is 5.32 Å². The van der Waals surface area contributed by atoms with Crippen LogP contribution in [-0.2, 0) is 0 Å². The van der Waals surface area contributed by atoms with Gasteiger partial charge in [-0.2, -0.15) is 0 Å². The molecule has 0 saturated heterocycles. The summed E-state index contributed by atoms with van der Waals surface area (Å²) in [6.45, 7) is 4.09. The summed E-state index contributed by atoms with van der Waals surface area (Å²) in [7, 11) is 0. The van der Waals surface area contributed by atoms with E-state index in [1.165, 1.54) is 25.7 Å². The fraction of sp³-hybridized carbons (Fsp3) is 0.600. The lowest BCUT2D eigenvalue weighted by Gasteiger charge is -2.24. The number of nitrogens with zero attached hydrogens (tertiary/aromatic N) is 1. The van der Waals surface area contributed by atoms with Crippen molar-refractivity contribution in [1.29, 1.82) is 0 Å². The number of anilines is 1. The number of benzene rings is 1. The Morgan fingerprint density at radius 2 is 2.00 bits per heavy atom. The molecule has 104 valence electrons. The SMILES string of the molecule is Cc1c(NC2CCCCCC2C)cccc1[N+](=O)[O-]. The standard InChI is InChI=1S/C15H22N2O2/c1-11-7-4-3-5-8-13(11)16-14-9-6-10-15(12(14)2)17(18)19/h6,9-11,13,16H,3-5,7-8H2,1-2H3. The second-order valence-electron chi connectivity index (χ2n) is 5.57. The lowest BCUT2D eigenvalue weighted by Crippen LogP contribution is -2.26. The predicted octanol–water partition coefficient (Wildman–Crippen LogP) is 4.28. The van der Waals surface area contributed by atoms with E-state index in [0.717, 1.165) is 17.7 Å². The number of rotatable bonds is 3. The first-order valence-corrected chi connectivity index (χ1v) is 7.10. The van der Waals surface area contributed by atoms with Gasteiger partial charge in [-0.25, -0.2) is 0 Å². The van der Waals surface area contributed by atoms with Gasteiger partial charge < -0.3 is 5.32 Å². The summed E-state index contributed by atoms with van der Waals surface area (Å²) in [6.07, 6.45) is 6.24. The largest absolute Gasteiger partial charge is 0.382 e. The molecule has 19 heavy (non-hydrogen) atoms. The van der Waals surface area contributed by atoms with Gasteiger partial charge >= 0.3 is 0 Å². The maximum Gasteiger partial charge on any atom is 0.274 e. The summed E-state index contributed by atoms with van der Waals surface area (Å²) in [4.78, 5) is 10.7. The highest BCUT2D eigenvalue weighted by molar-refractivity contribution is 5.60. The molecule has 4 nitrogen and oxygen atoms in total. The average molecular weight is 262 g/mol. The molecule has 0 aromatic heterocycles. The Kier molecular flexibility index (Phi) is 4.40. The molecule has 2 rings (SSSR count). The molecule has 2 unspecified atom stereocenters. The van der Waals surface area contributed by atoms with E-state index < -0.39 is 0 Å². The van der Waals surface area contributed by atoms with Crippen LogP contribution in [0.15, 0.2) is 18.2 Å². The molecule has 4 heteroatoms. The van der Waals surface area contributed by atoms with E-state index in [1.54, 1.807) is 12.1 Å². The van der Waals surface area contributed by atoms with E-state index in [0.29, 0.717) is 12.0 Å². The molecule has 0 amide bonds. The fourth-order valence-corrected chi connectivity index (χ4v) is 2.88. The van der Waals surface area contributed by atoms with E-state index in [-0.39, 0.29) is 10.6 Å². The van der Waals surface area contributed by atoms with Crippen molar-refractivity contribution in [3.05, 3.63) is 33.9 Å². The summed E-state index contributed by atoms with van der Waals surface area (Å²) >= 11 is 0. The first-order valence-electron chi connectivity index (χ1n) is 7.10. The number of hydrogen-bond donors (Lipinski definition) is 1. The van der Waals surface area contributed by atoms with Crippen molar-refractivity contribution in [2.75, 3.05) is 5.32 Å². The molecule has 0 spiro atoms. The van der Waals surface area contributed by atoms with Gasteiger partial charge in [0.15, 0.2) is 0 Å². The molecule has 0 heterocycles. The highest BCUT2D eigenvalue weighted by Gasteiger charge is 2.21. The van der Waals surface area contributed by atoms with E-state index in [2.05, 4.69) is 12.2 Å². The Labute approximate surface area is 114 Å². The summed E-state index contributed by atoms with van der Waals surface area (Å²) in [5, 5.41) is 14.5. The van der Waals surface area contributed by atoms with Crippen LogP contribution in [0.5, 0.6) is 0 Å². The third-order valence-electron chi connectivity index (χ3n) is 4.20. The van der Waals surface area contributed by atoms with Crippen molar-refractivity contribution < 1.29 is 4.92 Å². The summed E-state index contributed by atoms with van der Waals surface area (Å²) in [6, 6.07) is 5.70. The molecule has 1 N–H and O–H groups in total. The molecule has 1 aliphatic carbocycles. The van der Waals surface area contributed by atoms with Gasteiger partial charge in [0.2, 0.25) is 0 Å². The Bertz CT molecular complexity index is 459. The van der Waals surface area contributed by atoms with Crippen LogP contribution in [0.3, 0.4) is 0 Å². The minimum absolute atomic E-state index is 0.200. The first kappa shape index (κ1) is 13.8. The van der Waals surface area contributed by atoms with Crippen molar-refractivity contribution in [2.24, 2.45) is 5.92 Å². The highest BCUT2D eigenvalue weighted by atomic mass is 16.6. The highest BCUT2D eigenvalue weighted by Crippen LogP contribution is 2.30. The predicted molar refractivity (Wildman–Crippen MR) is 77.5 cm³/mol. The molecule has 2 atom stereocenters. The van der Waals surface area contributed by atoms with E-state index in [1.807, 2.05) is 13.0 Å². The van der Waals surface area contributed by atoms with Gasteiger partial charge in [-0.05, 0) is 31.7 Å². The second kappa shape index (κ2) is 6.04. The van der Waals surface area contributed by atoms with Crippen LogP contribution in [0.25, 0.3) is 0 Å². The number of nitro benzene ring substituents is 1. The molecule has 0 bridgehead atoms. The zero-order valence-electron chi connectivity index (χ0n) is 11.7. The molecular formula is C15H22N2O2. The van der Waals surface area contributed by atoms with Gasteiger partial charge in [-0.1, -0.05) is 32.3 Å². The molecule has 0 radical (unpaired) electrons. The first-order chi connectivity index (χ1) is 9.09. The average Bonchev–Trinajstić information content (AvgIpc) is 2.57. The van der Waals surface area contributed by atoms with Gasteiger partial charge in [-0.3, -0.25) is 10.1 Å². The van der Waals surface area contributed by atoms with Crippen molar-refractivity contribution in [3.8, 4) is 0 Å². The quantitative estimate of drug-likeness (QED) is 0.502. The van der Waals surface area contributed by atoms with Crippen molar-refractivity contribution in [2.45, 2.75) is 52.0 Å². The van der Waals surface area contributed by atoms with Crippen LogP contribution >= 0.6 is 0 Å². The van der Waals surface area contributed by atoms with Gasteiger partial charge in [0.05, 0.1) is 4.92 Å². The molecule has 1 fully saturated rings. The van der Waals surface area contributed by atoms with E-state index in [4.69, 9.17) is 0 Å². The van der Waals surface area contributed by atoms with Crippen LogP contribution in [0.2, 0.25) is 0 Å². The molecule has 1 aliphatic rings. The molecule has 0 aliphatic heterocycles. The Hall–Kier alpha value is -1.58. The zero-order valence-corrected chi connectivity index (χ0v) is 11.7. The number of nitro groups is 1. The van der Waals surface area contributed by atoms with Gasteiger partial charge in [0, 0.05) is 23.4 Å². The van der Waals surface area contributed by atoms with Gasteiger partial charge in [0.1, 0.15) is 0 Å². The molecular weight excluding hydrogens is 240 g/mol. The fourth-order valence-electron chi connectivity index (χ4n) is 2.88. The van der Waals surface area contributed by atoms with Crippen molar-refractivity contribution in [1.82, 2.24) is 0 Å². The summed E-state index contributed by atoms with van der Waals surface area (Å²) in [5.41, 5.74) is 1.85. The zero-order chi connectivity index (χ0) is 13.8. The summed E-state index contributed by atoms with van der Waals surface area (Å²) in [5.74, 6) is 0.626. The smallest absolute Gasteiger partial charge is 0.274 e. The lowest BCUT2D eigenvalue weighted by atomic mass is 9.96. The number of nitrogens with one attached hydrogen (secondary N) is 1. The van der Waals surface area contributed by atoms with Gasteiger partial charge in [-0.15, -0.1) is 0 Å². The Morgan fingerprint density at radius 3 is 2.74 bits per heavy atom. The van der Waals surface area contributed by atoms with Crippen LogP contribution in [0.1, 0.15) is 44.6 Å². The third-order valence-corrected chi connectivity index (χ3v) is 4.20.